The third kappa shape index (κ3) is 5.83. The van der Waals surface area contributed by atoms with Crippen LogP contribution < -0.4 is 5.32 Å². The Labute approximate surface area is 171 Å². The third-order valence-corrected chi connectivity index (χ3v) is 7.44. The number of benzene rings is 2. The lowest BCUT2D eigenvalue weighted by molar-refractivity contribution is -0.115. The highest BCUT2D eigenvalue weighted by Gasteiger charge is 2.18. The van der Waals surface area contributed by atoms with Gasteiger partial charge in [-0.2, -0.15) is 11.8 Å². The number of carbonyl (C=O) groups excluding carboxylic acids is 1. The fraction of sp³-hybridized carbons (Fsp3) is 0.381. The number of nitrogens with zero attached hydrogens (tertiary/aromatic N) is 1. The molecule has 0 aromatic heterocycles. The molecular formula is C21H26N2O3S2. The van der Waals surface area contributed by atoms with Gasteiger partial charge in [-0.25, -0.2) is 8.42 Å². The predicted octanol–water partition coefficient (Wildman–Crippen LogP) is 3.35. The summed E-state index contributed by atoms with van der Waals surface area (Å²) in [6.45, 7) is 4.78. The number of aryl methyl sites for hydroxylation is 1. The van der Waals surface area contributed by atoms with Crippen molar-refractivity contribution in [1.82, 2.24) is 4.90 Å². The van der Waals surface area contributed by atoms with Crippen LogP contribution in [-0.2, 0) is 21.2 Å². The van der Waals surface area contributed by atoms with Crippen molar-refractivity contribution >= 4 is 33.2 Å². The molecule has 1 N–H and O–H groups in total. The minimum absolute atomic E-state index is 0.0646. The van der Waals surface area contributed by atoms with E-state index >= 15 is 0 Å². The van der Waals surface area contributed by atoms with Gasteiger partial charge in [0.1, 0.15) is 0 Å². The van der Waals surface area contributed by atoms with Crippen LogP contribution in [0.5, 0.6) is 0 Å². The van der Waals surface area contributed by atoms with Gasteiger partial charge in [-0.15, -0.1) is 0 Å². The van der Waals surface area contributed by atoms with Gasteiger partial charge in [0.2, 0.25) is 5.91 Å². The molecule has 5 nitrogen and oxygen atoms in total. The van der Waals surface area contributed by atoms with E-state index in [0.29, 0.717) is 0 Å². The number of hydrogen-bond donors (Lipinski definition) is 1. The van der Waals surface area contributed by atoms with E-state index in [-0.39, 0.29) is 23.0 Å². The van der Waals surface area contributed by atoms with E-state index in [1.165, 1.54) is 0 Å². The molecule has 3 rings (SSSR count). The zero-order chi connectivity index (χ0) is 20.0. The van der Waals surface area contributed by atoms with Gasteiger partial charge in [-0.05, 0) is 30.7 Å². The summed E-state index contributed by atoms with van der Waals surface area (Å²) in [4.78, 5) is 15.0. The second kappa shape index (κ2) is 9.58. The highest BCUT2D eigenvalue weighted by Crippen LogP contribution is 2.20. The molecular weight excluding hydrogens is 392 g/mol. The number of para-hydroxylation sites is 1. The molecule has 1 heterocycles. The number of sulfone groups is 1. The Balaban J connectivity index is 1.59. The molecule has 1 saturated heterocycles. The molecule has 1 fully saturated rings. The highest BCUT2D eigenvalue weighted by molar-refractivity contribution is 7.99. The SMILES string of the molecule is Cc1ccc(S(=O)(=O)CCC(=O)Nc2ccccc2CN2CCSCC2)cc1. The van der Waals surface area contributed by atoms with Gasteiger partial charge in [0.05, 0.1) is 10.6 Å². The van der Waals surface area contributed by atoms with E-state index in [9.17, 15) is 13.2 Å². The van der Waals surface area contributed by atoms with E-state index in [2.05, 4.69) is 10.2 Å². The molecule has 1 aliphatic rings. The smallest absolute Gasteiger partial charge is 0.225 e. The molecule has 1 aliphatic heterocycles. The zero-order valence-electron chi connectivity index (χ0n) is 16.1. The van der Waals surface area contributed by atoms with Gasteiger partial charge in [0.25, 0.3) is 0 Å². The molecule has 0 bridgehead atoms. The summed E-state index contributed by atoms with van der Waals surface area (Å²) < 4.78 is 24.9. The monoisotopic (exact) mass is 418 g/mol. The van der Waals surface area contributed by atoms with Gasteiger partial charge in [-0.1, -0.05) is 35.9 Å². The Morgan fingerprint density at radius 3 is 2.46 bits per heavy atom. The average molecular weight is 419 g/mol. The maximum Gasteiger partial charge on any atom is 0.225 e. The summed E-state index contributed by atoms with van der Waals surface area (Å²) in [6.07, 6.45) is -0.0646. The van der Waals surface area contributed by atoms with Gasteiger partial charge in [0, 0.05) is 43.2 Å². The molecule has 0 saturated carbocycles. The van der Waals surface area contributed by atoms with Crippen molar-refractivity contribution in [1.29, 1.82) is 0 Å². The van der Waals surface area contributed by atoms with E-state index in [1.54, 1.807) is 24.3 Å². The molecule has 0 spiro atoms. The Morgan fingerprint density at radius 1 is 1.07 bits per heavy atom. The quantitative estimate of drug-likeness (QED) is 0.747. The summed E-state index contributed by atoms with van der Waals surface area (Å²) in [6, 6.07) is 14.5. The van der Waals surface area contributed by atoms with Crippen molar-refractivity contribution in [2.24, 2.45) is 0 Å². The maximum absolute atomic E-state index is 12.4. The first-order valence-corrected chi connectivity index (χ1v) is 12.2. The van der Waals surface area contributed by atoms with E-state index in [4.69, 9.17) is 0 Å². The predicted molar refractivity (Wildman–Crippen MR) is 116 cm³/mol. The minimum Gasteiger partial charge on any atom is -0.326 e. The van der Waals surface area contributed by atoms with Crippen LogP contribution in [0.1, 0.15) is 17.5 Å². The van der Waals surface area contributed by atoms with Crippen LogP contribution in [0.2, 0.25) is 0 Å². The Hall–Kier alpha value is -1.83. The number of carbonyl (C=O) groups is 1. The molecule has 0 aliphatic carbocycles. The average Bonchev–Trinajstić information content (AvgIpc) is 2.69. The fourth-order valence-electron chi connectivity index (χ4n) is 3.08. The van der Waals surface area contributed by atoms with Gasteiger partial charge in [-0.3, -0.25) is 9.69 Å². The summed E-state index contributed by atoms with van der Waals surface area (Å²) in [7, 11) is -3.47. The second-order valence-corrected chi connectivity index (χ2v) is 10.3. The van der Waals surface area contributed by atoms with E-state index < -0.39 is 9.84 Å². The number of nitrogens with one attached hydrogen (secondary N) is 1. The second-order valence-electron chi connectivity index (χ2n) is 6.98. The molecule has 1 amide bonds. The van der Waals surface area contributed by atoms with Crippen LogP contribution in [-0.4, -0.2) is 49.6 Å². The highest BCUT2D eigenvalue weighted by atomic mass is 32.2. The van der Waals surface area contributed by atoms with Crippen LogP contribution in [0, 0.1) is 6.92 Å². The minimum atomic E-state index is -3.47. The van der Waals surface area contributed by atoms with E-state index in [1.807, 2.05) is 43.0 Å². The van der Waals surface area contributed by atoms with Crippen LogP contribution in [0.3, 0.4) is 0 Å². The van der Waals surface area contributed by atoms with Crippen LogP contribution in [0.15, 0.2) is 53.4 Å². The van der Waals surface area contributed by atoms with E-state index in [0.717, 1.165) is 48.0 Å². The maximum atomic E-state index is 12.4. The van der Waals surface area contributed by atoms with Gasteiger partial charge in [0.15, 0.2) is 9.84 Å². The molecule has 2 aromatic carbocycles. The van der Waals surface area contributed by atoms with Crippen molar-refractivity contribution in [3.05, 3.63) is 59.7 Å². The van der Waals surface area contributed by atoms with Crippen molar-refractivity contribution in [2.75, 3.05) is 35.7 Å². The lowest BCUT2D eigenvalue weighted by atomic mass is 10.1. The van der Waals surface area contributed by atoms with Gasteiger partial charge < -0.3 is 5.32 Å². The summed E-state index contributed by atoms with van der Waals surface area (Å²) in [5.74, 6) is 1.78. The Kier molecular flexibility index (Phi) is 7.15. The molecule has 0 atom stereocenters. The molecule has 150 valence electrons. The number of thioether (sulfide) groups is 1. The summed E-state index contributed by atoms with van der Waals surface area (Å²) in [5, 5.41) is 2.90. The summed E-state index contributed by atoms with van der Waals surface area (Å²) in [5.41, 5.74) is 2.82. The zero-order valence-corrected chi connectivity index (χ0v) is 17.7. The number of hydrogen-bond acceptors (Lipinski definition) is 5. The van der Waals surface area contributed by atoms with Gasteiger partial charge >= 0.3 is 0 Å². The fourth-order valence-corrected chi connectivity index (χ4v) is 5.30. The first-order chi connectivity index (χ1) is 13.4. The van der Waals surface area contributed by atoms with Crippen LogP contribution >= 0.6 is 11.8 Å². The third-order valence-electron chi connectivity index (χ3n) is 4.77. The number of anilines is 1. The first-order valence-electron chi connectivity index (χ1n) is 9.41. The van der Waals surface area contributed by atoms with Crippen molar-refractivity contribution in [3.8, 4) is 0 Å². The van der Waals surface area contributed by atoms with Crippen LogP contribution in [0.25, 0.3) is 0 Å². The standard InChI is InChI=1S/C21H26N2O3S2/c1-17-6-8-19(9-7-17)28(25,26)15-10-21(24)22-20-5-3-2-4-18(20)16-23-11-13-27-14-12-23/h2-9H,10-16H2,1H3,(H,22,24). The number of rotatable bonds is 7. The summed E-state index contributed by atoms with van der Waals surface area (Å²) >= 11 is 1.96. The lowest BCUT2D eigenvalue weighted by Gasteiger charge is -2.27. The first kappa shape index (κ1) is 20.9. The molecule has 28 heavy (non-hydrogen) atoms. The van der Waals surface area contributed by atoms with Crippen molar-refractivity contribution in [3.63, 3.8) is 0 Å². The molecule has 0 unspecified atom stereocenters. The van der Waals surface area contributed by atoms with Crippen molar-refractivity contribution < 1.29 is 13.2 Å². The van der Waals surface area contributed by atoms with Crippen LogP contribution in [0.4, 0.5) is 5.69 Å². The Bertz CT molecular complexity index is 906. The topological polar surface area (TPSA) is 66.5 Å². The lowest BCUT2D eigenvalue weighted by Crippen LogP contribution is -2.32. The molecule has 2 aromatic rings. The van der Waals surface area contributed by atoms with Crippen molar-refractivity contribution in [2.45, 2.75) is 24.8 Å². The Morgan fingerprint density at radius 2 is 1.75 bits per heavy atom. The normalized spacial score (nSPS) is 15.3. The molecule has 7 heteroatoms. The largest absolute Gasteiger partial charge is 0.326 e. The molecule has 0 radical (unpaired) electrons. The number of amides is 1.